The second-order valence-corrected chi connectivity index (χ2v) is 4.80. The number of nitrogens with zero attached hydrogens (tertiary/aromatic N) is 1. The van der Waals surface area contributed by atoms with E-state index in [0.717, 1.165) is 23.4 Å². The Balaban J connectivity index is 2.90. The number of alkyl halides is 3. The van der Waals surface area contributed by atoms with Crippen LogP contribution in [0.5, 0.6) is 0 Å². The van der Waals surface area contributed by atoms with E-state index in [1.54, 1.807) is 18.2 Å². The molecular formula is C13H18ClF3N2. The molecule has 0 atom stereocenters. The molecule has 1 N–H and O–H groups in total. The second kappa shape index (κ2) is 7.01. The van der Waals surface area contributed by atoms with Crippen LogP contribution in [-0.2, 0) is 6.54 Å². The highest BCUT2D eigenvalue weighted by atomic mass is 35.5. The van der Waals surface area contributed by atoms with Crippen LogP contribution in [0.15, 0.2) is 18.2 Å². The molecule has 0 spiro atoms. The number of halogens is 4. The maximum Gasteiger partial charge on any atom is 0.405 e. The average Bonchev–Trinajstić information content (AvgIpc) is 2.26. The Bertz CT molecular complexity index is 407. The van der Waals surface area contributed by atoms with Crippen molar-refractivity contribution in [3.8, 4) is 0 Å². The molecule has 0 saturated carbocycles. The molecule has 0 aliphatic heterocycles. The fourth-order valence-electron chi connectivity index (χ4n) is 1.88. The number of rotatable bonds is 6. The summed E-state index contributed by atoms with van der Waals surface area (Å²) in [4.78, 5) is 1.14. The Morgan fingerprint density at radius 2 is 2.00 bits per heavy atom. The molecule has 0 fully saturated rings. The first-order valence-electron chi connectivity index (χ1n) is 6.11. The molecule has 19 heavy (non-hydrogen) atoms. The Labute approximate surface area is 116 Å². The highest BCUT2D eigenvalue weighted by Gasteiger charge is 2.30. The molecule has 1 rings (SSSR count). The lowest BCUT2D eigenvalue weighted by molar-refractivity contribution is -0.119. The first kappa shape index (κ1) is 16.1. The Morgan fingerprint density at radius 3 is 2.58 bits per heavy atom. The summed E-state index contributed by atoms with van der Waals surface area (Å²) in [5.41, 5.74) is 1.21. The summed E-state index contributed by atoms with van der Waals surface area (Å²) < 4.78 is 37.4. The number of benzene rings is 1. The molecule has 0 saturated heterocycles. The lowest BCUT2D eigenvalue weighted by atomic mass is 10.1. The van der Waals surface area contributed by atoms with Crippen LogP contribution in [0.1, 0.15) is 18.9 Å². The summed E-state index contributed by atoms with van der Waals surface area (Å²) in [6.07, 6.45) is -3.28. The van der Waals surface area contributed by atoms with E-state index in [9.17, 15) is 13.2 Å². The quantitative estimate of drug-likeness (QED) is 0.802. The molecule has 0 aliphatic rings. The van der Waals surface area contributed by atoms with Crippen molar-refractivity contribution in [2.24, 2.45) is 0 Å². The van der Waals surface area contributed by atoms with Crippen LogP contribution in [0.2, 0.25) is 5.02 Å². The van der Waals surface area contributed by atoms with Gasteiger partial charge in [0, 0.05) is 13.6 Å². The predicted molar refractivity (Wildman–Crippen MR) is 72.8 cm³/mol. The van der Waals surface area contributed by atoms with E-state index >= 15 is 0 Å². The second-order valence-electron chi connectivity index (χ2n) is 4.40. The zero-order valence-electron chi connectivity index (χ0n) is 11.0. The number of nitrogens with one attached hydrogen (secondary N) is 1. The van der Waals surface area contributed by atoms with Gasteiger partial charge >= 0.3 is 6.18 Å². The lowest BCUT2D eigenvalue weighted by Crippen LogP contribution is -2.32. The van der Waals surface area contributed by atoms with E-state index in [4.69, 9.17) is 11.6 Å². The molecule has 0 unspecified atom stereocenters. The van der Waals surface area contributed by atoms with Crippen molar-refractivity contribution in [1.82, 2.24) is 5.32 Å². The van der Waals surface area contributed by atoms with E-state index in [1.165, 1.54) is 7.05 Å². The summed E-state index contributed by atoms with van der Waals surface area (Å²) in [5.74, 6) is 0. The molecule has 1 aromatic rings. The van der Waals surface area contributed by atoms with Gasteiger partial charge in [0.2, 0.25) is 0 Å². The van der Waals surface area contributed by atoms with Gasteiger partial charge in [0.15, 0.2) is 0 Å². The van der Waals surface area contributed by atoms with Gasteiger partial charge in [-0.2, -0.15) is 13.2 Å². The molecule has 2 nitrogen and oxygen atoms in total. The molecule has 6 heteroatoms. The van der Waals surface area contributed by atoms with Crippen molar-refractivity contribution in [3.63, 3.8) is 0 Å². The summed E-state index contributed by atoms with van der Waals surface area (Å²) in [6, 6.07) is 5.14. The third kappa shape index (κ3) is 5.28. The fourth-order valence-corrected chi connectivity index (χ4v) is 2.22. The van der Waals surface area contributed by atoms with E-state index in [-0.39, 0.29) is 0 Å². The van der Waals surface area contributed by atoms with Gasteiger partial charge in [0.25, 0.3) is 0 Å². The van der Waals surface area contributed by atoms with Gasteiger partial charge in [-0.1, -0.05) is 30.7 Å². The number of para-hydroxylation sites is 1. The van der Waals surface area contributed by atoms with Gasteiger partial charge < -0.3 is 10.2 Å². The van der Waals surface area contributed by atoms with E-state index in [1.807, 2.05) is 6.92 Å². The van der Waals surface area contributed by atoms with Gasteiger partial charge in [-0.25, -0.2) is 0 Å². The normalized spacial score (nSPS) is 11.7. The fraction of sp³-hybridized carbons (Fsp3) is 0.538. The first-order chi connectivity index (χ1) is 8.85. The van der Waals surface area contributed by atoms with Gasteiger partial charge in [-0.15, -0.1) is 0 Å². The average molecular weight is 295 g/mol. The van der Waals surface area contributed by atoms with Gasteiger partial charge in [0.05, 0.1) is 10.7 Å². The minimum absolute atomic E-state index is 0.336. The summed E-state index contributed by atoms with van der Waals surface area (Å²) in [7, 11) is 1.40. The largest absolute Gasteiger partial charge is 0.405 e. The summed E-state index contributed by atoms with van der Waals surface area (Å²) in [5, 5.41) is 3.51. The van der Waals surface area contributed by atoms with Crippen molar-refractivity contribution in [1.29, 1.82) is 0 Å². The molecule has 0 amide bonds. The van der Waals surface area contributed by atoms with Crippen molar-refractivity contribution >= 4 is 17.3 Å². The van der Waals surface area contributed by atoms with Gasteiger partial charge in [-0.05, 0) is 24.6 Å². The molecule has 0 aliphatic carbocycles. The smallest absolute Gasteiger partial charge is 0.364 e. The van der Waals surface area contributed by atoms with Crippen molar-refractivity contribution in [2.45, 2.75) is 26.1 Å². The third-order valence-corrected chi connectivity index (χ3v) is 2.92. The summed E-state index contributed by atoms with van der Waals surface area (Å²) >= 11 is 6.03. The Morgan fingerprint density at radius 1 is 1.32 bits per heavy atom. The molecule has 0 bridgehead atoms. The van der Waals surface area contributed by atoms with Crippen LogP contribution >= 0.6 is 11.6 Å². The van der Waals surface area contributed by atoms with Crippen LogP contribution < -0.4 is 10.2 Å². The van der Waals surface area contributed by atoms with Crippen LogP contribution in [0.4, 0.5) is 18.9 Å². The Kier molecular flexibility index (Phi) is 5.94. The van der Waals surface area contributed by atoms with Crippen LogP contribution in [0, 0.1) is 0 Å². The number of anilines is 1. The van der Waals surface area contributed by atoms with Crippen molar-refractivity contribution in [3.05, 3.63) is 28.8 Å². The molecule has 1 aromatic carbocycles. The zero-order valence-corrected chi connectivity index (χ0v) is 11.8. The third-order valence-electron chi connectivity index (χ3n) is 2.61. The maximum atomic E-state index is 12.5. The standard InChI is InChI=1S/C13H18ClF3N2/c1-3-7-18-8-10-5-4-6-11(14)12(10)19(2)9-13(15,16)17/h4-6,18H,3,7-9H2,1-2H3. The molecular weight excluding hydrogens is 277 g/mol. The highest BCUT2D eigenvalue weighted by molar-refractivity contribution is 6.33. The van der Waals surface area contributed by atoms with Crippen LogP contribution in [0.25, 0.3) is 0 Å². The van der Waals surface area contributed by atoms with Crippen molar-refractivity contribution in [2.75, 3.05) is 25.0 Å². The topological polar surface area (TPSA) is 15.3 Å². The molecule has 0 aromatic heterocycles. The van der Waals surface area contributed by atoms with E-state index < -0.39 is 12.7 Å². The molecule has 108 valence electrons. The predicted octanol–water partition coefficient (Wildman–Crippen LogP) is 3.84. The number of hydrogen-bond donors (Lipinski definition) is 1. The minimum Gasteiger partial charge on any atom is -0.364 e. The Hall–Kier alpha value is -0.940. The SMILES string of the molecule is CCCNCc1cccc(Cl)c1N(C)CC(F)(F)F. The van der Waals surface area contributed by atoms with E-state index in [2.05, 4.69) is 5.32 Å². The maximum absolute atomic E-state index is 12.5. The highest BCUT2D eigenvalue weighted by Crippen LogP contribution is 2.31. The molecule has 0 radical (unpaired) electrons. The van der Waals surface area contributed by atoms with Crippen LogP contribution in [-0.4, -0.2) is 26.3 Å². The van der Waals surface area contributed by atoms with Gasteiger partial charge in [-0.3, -0.25) is 0 Å². The van der Waals surface area contributed by atoms with Crippen LogP contribution in [0.3, 0.4) is 0 Å². The zero-order chi connectivity index (χ0) is 14.5. The molecule has 0 heterocycles. The summed E-state index contributed by atoms with van der Waals surface area (Å²) in [6.45, 7) is 2.33. The van der Waals surface area contributed by atoms with Crippen molar-refractivity contribution < 1.29 is 13.2 Å². The minimum atomic E-state index is -4.25. The first-order valence-corrected chi connectivity index (χ1v) is 6.49. The number of hydrogen-bond acceptors (Lipinski definition) is 2. The monoisotopic (exact) mass is 294 g/mol. The van der Waals surface area contributed by atoms with E-state index in [0.29, 0.717) is 17.3 Å². The lowest BCUT2D eigenvalue weighted by Gasteiger charge is -2.25. The van der Waals surface area contributed by atoms with Gasteiger partial charge in [0.1, 0.15) is 6.54 Å².